The minimum atomic E-state index is -0.716. The van der Waals surface area contributed by atoms with Crippen LogP contribution in [0.15, 0.2) is 72.3 Å². The molecule has 0 radical (unpaired) electrons. The van der Waals surface area contributed by atoms with Gasteiger partial charge in [0.15, 0.2) is 11.5 Å². The molecule has 1 amide bonds. The second-order valence-electron chi connectivity index (χ2n) is 6.43. The van der Waals surface area contributed by atoms with E-state index in [-0.39, 0.29) is 17.9 Å². The van der Waals surface area contributed by atoms with Gasteiger partial charge in [0.1, 0.15) is 24.1 Å². The summed E-state index contributed by atoms with van der Waals surface area (Å²) in [5.41, 5.74) is 1.27. The number of nitrogens with zero attached hydrogens (tertiary/aromatic N) is 1. The number of benzene rings is 3. The van der Waals surface area contributed by atoms with Gasteiger partial charge in [-0.1, -0.05) is 41.9 Å². The number of rotatable bonds is 7. The molecule has 3 rings (SSSR count). The zero-order chi connectivity index (χ0) is 22.2. The van der Waals surface area contributed by atoms with Crippen LogP contribution < -0.4 is 14.8 Å². The van der Waals surface area contributed by atoms with Crippen LogP contribution in [0, 0.1) is 17.1 Å². The van der Waals surface area contributed by atoms with Crippen molar-refractivity contribution in [2.75, 3.05) is 12.4 Å². The predicted octanol–water partition coefficient (Wildman–Crippen LogP) is 5.61. The Bertz CT molecular complexity index is 1150. The average Bonchev–Trinajstić information content (AvgIpc) is 2.78. The number of ether oxygens (including phenoxy) is 2. The number of halogens is 2. The third kappa shape index (κ3) is 5.84. The number of anilines is 1. The van der Waals surface area contributed by atoms with Crippen LogP contribution in [0.1, 0.15) is 11.1 Å². The number of carbonyl (C=O) groups is 1. The summed E-state index contributed by atoms with van der Waals surface area (Å²) >= 11 is 5.90. The van der Waals surface area contributed by atoms with Gasteiger partial charge in [-0.15, -0.1) is 0 Å². The van der Waals surface area contributed by atoms with E-state index in [1.54, 1.807) is 36.4 Å². The Hall–Kier alpha value is -3.82. The Balaban J connectivity index is 1.80. The fraction of sp³-hybridized carbons (Fsp3) is 0.0833. The van der Waals surface area contributed by atoms with Crippen molar-refractivity contribution in [3.8, 4) is 17.6 Å². The van der Waals surface area contributed by atoms with Crippen LogP contribution >= 0.6 is 11.6 Å². The molecule has 0 atom stereocenters. The Morgan fingerprint density at radius 2 is 1.87 bits per heavy atom. The monoisotopic (exact) mass is 436 g/mol. The first-order chi connectivity index (χ1) is 15.0. The third-order valence-corrected chi connectivity index (χ3v) is 4.55. The molecule has 3 aromatic carbocycles. The van der Waals surface area contributed by atoms with E-state index in [0.29, 0.717) is 22.1 Å². The first-order valence-corrected chi connectivity index (χ1v) is 9.61. The summed E-state index contributed by atoms with van der Waals surface area (Å²) in [6.45, 7) is 0.277. The molecule has 5 nitrogen and oxygen atoms in total. The lowest BCUT2D eigenvalue weighted by atomic mass is 10.1. The van der Waals surface area contributed by atoms with Crippen molar-refractivity contribution < 1.29 is 18.7 Å². The molecule has 0 bridgehead atoms. The lowest BCUT2D eigenvalue weighted by Gasteiger charge is -2.12. The van der Waals surface area contributed by atoms with Gasteiger partial charge in [0, 0.05) is 5.02 Å². The van der Waals surface area contributed by atoms with Crippen LogP contribution in [-0.2, 0) is 11.4 Å². The smallest absolute Gasteiger partial charge is 0.266 e. The molecule has 7 heteroatoms. The fourth-order valence-electron chi connectivity index (χ4n) is 2.71. The molecule has 0 spiro atoms. The van der Waals surface area contributed by atoms with Gasteiger partial charge in [0.2, 0.25) is 0 Å². The summed E-state index contributed by atoms with van der Waals surface area (Å²) in [5, 5.41) is 12.4. The van der Waals surface area contributed by atoms with Gasteiger partial charge >= 0.3 is 0 Å². The third-order valence-electron chi connectivity index (χ3n) is 4.29. The van der Waals surface area contributed by atoms with Crippen molar-refractivity contribution in [1.82, 2.24) is 0 Å². The maximum atomic E-state index is 13.8. The van der Waals surface area contributed by atoms with E-state index in [1.807, 2.05) is 18.2 Å². The normalized spacial score (nSPS) is 10.8. The van der Waals surface area contributed by atoms with Crippen molar-refractivity contribution in [1.29, 1.82) is 5.26 Å². The Morgan fingerprint density at radius 3 is 2.55 bits per heavy atom. The molecule has 0 unspecified atom stereocenters. The van der Waals surface area contributed by atoms with Gasteiger partial charge < -0.3 is 14.8 Å². The minimum Gasteiger partial charge on any atom is -0.493 e. The van der Waals surface area contributed by atoms with Crippen molar-refractivity contribution in [2.24, 2.45) is 0 Å². The van der Waals surface area contributed by atoms with E-state index >= 15 is 0 Å². The molecule has 3 aromatic rings. The molecule has 0 fully saturated rings. The van der Waals surface area contributed by atoms with Crippen LogP contribution in [0.5, 0.6) is 11.5 Å². The summed E-state index contributed by atoms with van der Waals surface area (Å²) in [6, 6.07) is 19.8. The number of nitriles is 1. The second-order valence-corrected chi connectivity index (χ2v) is 6.87. The van der Waals surface area contributed by atoms with E-state index in [9.17, 15) is 14.4 Å². The summed E-state index contributed by atoms with van der Waals surface area (Å²) in [5.74, 6) is -0.360. The highest BCUT2D eigenvalue weighted by molar-refractivity contribution is 6.30. The lowest BCUT2D eigenvalue weighted by Crippen LogP contribution is -2.14. The van der Waals surface area contributed by atoms with E-state index in [1.165, 1.54) is 31.4 Å². The highest BCUT2D eigenvalue weighted by Gasteiger charge is 2.13. The highest BCUT2D eigenvalue weighted by Crippen LogP contribution is 2.30. The standard InChI is InChI=1S/C24H18ClFN2O3/c1-30-22-11-8-17(13-23(22)31-15-16-6-9-19(25)10-7-16)12-18(14-27)24(29)28-21-5-3-2-4-20(21)26/h2-13H,15H2,1H3,(H,28,29)/b18-12-. The molecular weight excluding hydrogens is 419 g/mol. The van der Waals surface area contributed by atoms with Crippen LogP contribution in [0.25, 0.3) is 6.08 Å². The van der Waals surface area contributed by atoms with E-state index in [2.05, 4.69) is 5.32 Å². The van der Waals surface area contributed by atoms with Crippen molar-refractivity contribution >= 4 is 29.3 Å². The molecule has 0 saturated carbocycles. The summed E-state index contributed by atoms with van der Waals surface area (Å²) < 4.78 is 24.9. The quantitative estimate of drug-likeness (QED) is 0.386. The largest absolute Gasteiger partial charge is 0.493 e. The molecule has 0 aliphatic rings. The van der Waals surface area contributed by atoms with Gasteiger partial charge in [-0.25, -0.2) is 4.39 Å². The molecule has 0 aliphatic heterocycles. The molecule has 156 valence electrons. The van der Waals surface area contributed by atoms with Gasteiger partial charge in [-0.3, -0.25) is 4.79 Å². The Morgan fingerprint density at radius 1 is 1.13 bits per heavy atom. The Kier molecular flexibility index (Phi) is 7.26. The zero-order valence-electron chi connectivity index (χ0n) is 16.6. The average molecular weight is 437 g/mol. The summed E-state index contributed by atoms with van der Waals surface area (Å²) in [4.78, 5) is 12.4. The van der Waals surface area contributed by atoms with Crippen LogP contribution in [0.3, 0.4) is 0 Å². The molecule has 0 aromatic heterocycles. The van der Waals surface area contributed by atoms with Gasteiger partial charge in [-0.2, -0.15) is 5.26 Å². The number of para-hydroxylation sites is 1. The zero-order valence-corrected chi connectivity index (χ0v) is 17.3. The predicted molar refractivity (Wildman–Crippen MR) is 117 cm³/mol. The number of carbonyl (C=O) groups excluding carboxylic acids is 1. The van der Waals surface area contributed by atoms with Crippen LogP contribution in [0.2, 0.25) is 5.02 Å². The highest BCUT2D eigenvalue weighted by atomic mass is 35.5. The van der Waals surface area contributed by atoms with Crippen LogP contribution in [0.4, 0.5) is 10.1 Å². The first-order valence-electron chi connectivity index (χ1n) is 9.23. The van der Waals surface area contributed by atoms with E-state index < -0.39 is 11.7 Å². The maximum Gasteiger partial charge on any atom is 0.266 e. The molecular formula is C24H18ClFN2O3. The van der Waals surface area contributed by atoms with Crippen molar-refractivity contribution in [2.45, 2.75) is 6.61 Å². The Labute approximate surface area is 184 Å². The molecule has 1 N–H and O–H groups in total. The van der Waals surface area contributed by atoms with Gasteiger partial charge in [0.05, 0.1) is 12.8 Å². The SMILES string of the molecule is COc1ccc(/C=C(/C#N)C(=O)Nc2ccccc2F)cc1OCc1ccc(Cl)cc1. The molecule has 0 saturated heterocycles. The fourth-order valence-corrected chi connectivity index (χ4v) is 2.83. The molecule has 0 aliphatic carbocycles. The van der Waals surface area contributed by atoms with E-state index in [0.717, 1.165) is 5.56 Å². The minimum absolute atomic E-state index is 0.00429. The maximum absolute atomic E-state index is 13.8. The molecule has 0 heterocycles. The van der Waals surface area contributed by atoms with Gasteiger partial charge in [-0.05, 0) is 53.6 Å². The van der Waals surface area contributed by atoms with Crippen LogP contribution in [-0.4, -0.2) is 13.0 Å². The van der Waals surface area contributed by atoms with Crippen molar-refractivity contribution in [3.05, 3.63) is 94.3 Å². The number of hydrogen-bond acceptors (Lipinski definition) is 4. The van der Waals surface area contributed by atoms with E-state index in [4.69, 9.17) is 21.1 Å². The number of hydrogen-bond donors (Lipinski definition) is 1. The van der Waals surface area contributed by atoms with Gasteiger partial charge in [0.25, 0.3) is 5.91 Å². The number of amides is 1. The number of nitrogens with one attached hydrogen (secondary N) is 1. The van der Waals surface area contributed by atoms with Crippen molar-refractivity contribution in [3.63, 3.8) is 0 Å². The summed E-state index contributed by atoms with van der Waals surface area (Å²) in [6.07, 6.45) is 1.39. The summed E-state index contributed by atoms with van der Waals surface area (Å²) in [7, 11) is 1.52. The topological polar surface area (TPSA) is 71.3 Å². The number of methoxy groups -OCH3 is 1. The second kappa shape index (κ2) is 10.3. The lowest BCUT2D eigenvalue weighted by molar-refractivity contribution is -0.112. The molecule has 31 heavy (non-hydrogen) atoms. The first kappa shape index (κ1) is 21.9.